The molecule has 15 heavy (non-hydrogen) atoms. The average Bonchev–Trinajstić information content (AvgIpc) is 2.74. The van der Waals surface area contributed by atoms with Crippen LogP contribution in [0.3, 0.4) is 0 Å². The van der Waals surface area contributed by atoms with E-state index in [1.807, 2.05) is 18.2 Å². The van der Waals surface area contributed by atoms with Crippen molar-refractivity contribution >= 4 is 5.69 Å². The Morgan fingerprint density at radius 2 is 2.07 bits per heavy atom. The lowest BCUT2D eigenvalue weighted by Gasteiger charge is -2.18. The van der Waals surface area contributed by atoms with Gasteiger partial charge in [-0.05, 0) is 31.1 Å². The zero-order chi connectivity index (χ0) is 10.1. The van der Waals surface area contributed by atoms with Crippen LogP contribution in [0.5, 0.6) is 0 Å². The minimum Gasteiger partial charge on any atom is -0.357 e. The molecule has 74 valence electrons. The van der Waals surface area contributed by atoms with Gasteiger partial charge in [-0.2, -0.15) is 0 Å². The second kappa shape index (κ2) is 3.46. The van der Waals surface area contributed by atoms with Crippen molar-refractivity contribution in [2.45, 2.75) is 12.8 Å². The third kappa shape index (κ3) is 1.42. The van der Waals surface area contributed by atoms with E-state index < -0.39 is 0 Å². The number of allylic oxidation sites excluding steroid dienone is 3. The zero-order valence-corrected chi connectivity index (χ0v) is 8.40. The first-order valence-corrected chi connectivity index (χ1v) is 5.22. The van der Waals surface area contributed by atoms with E-state index in [0.717, 1.165) is 18.5 Å². The molecule has 2 radical (unpaired) electrons. The first-order chi connectivity index (χ1) is 7.45. The van der Waals surface area contributed by atoms with Crippen LogP contribution in [0, 0.1) is 6.67 Å². The van der Waals surface area contributed by atoms with Gasteiger partial charge in [-0.25, -0.2) is 0 Å². The molecule has 3 rings (SSSR count). The van der Waals surface area contributed by atoms with E-state index in [4.69, 9.17) is 0 Å². The van der Waals surface area contributed by atoms with Gasteiger partial charge in [0.1, 0.15) is 0 Å². The van der Waals surface area contributed by atoms with Crippen LogP contribution in [-0.2, 0) is 0 Å². The number of benzene rings is 1. The molecule has 2 heteroatoms. The maximum Gasteiger partial charge on any atom is 0.210 e. The maximum atomic E-state index is 3.21. The van der Waals surface area contributed by atoms with E-state index in [9.17, 15) is 0 Å². The summed E-state index contributed by atoms with van der Waals surface area (Å²) in [5.74, 6) is 0. The Balaban J connectivity index is 1.96. The molecule has 1 N–H and O–H groups in total. The summed E-state index contributed by atoms with van der Waals surface area (Å²) >= 11 is 0. The van der Waals surface area contributed by atoms with E-state index in [-0.39, 0.29) is 0 Å². The minimum atomic E-state index is 1.09. The Morgan fingerprint density at radius 1 is 1.20 bits per heavy atom. The highest BCUT2D eigenvalue weighted by atomic mass is 15.3. The quantitative estimate of drug-likeness (QED) is 0.742. The van der Waals surface area contributed by atoms with Crippen LogP contribution in [0.15, 0.2) is 53.9 Å². The van der Waals surface area contributed by atoms with E-state index >= 15 is 0 Å². The highest BCUT2D eigenvalue weighted by Gasteiger charge is 2.23. The topological polar surface area (TPSA) is 15.3 Å². The molecule has 0 saturated heterocycles. The van der Waals surface area contributed by atoms with Gasteiger partial charge in [0.25, 0.3) is 0 Å². The molecular formula is C13H12N2. The molecule has 0 spiro atoms. The Morgan fingerprint density at radius 3 is 2.93 bits per heavy atom. The second-order valence-corrected chi connectivity index (χ2v) is 3.71. The third-order valence-corrected chi connectivity index (χ3v) is 2.72. The van der Waals surface area contributed by atoms with Crippen LogP contribution < -0.4 is 10.2 Å². The average molecular weight is 196 g/mol. The van der Waals surface area contributed by atoms with Crippen LogP contribution in [0.2, 0.25) is 0 Å². The lowest BCUT2D eigenvalue weighted by molar-refractivity contribution is 0.864. The minimum absolute atomic E-state index is 1.09. The van der Waals surface area contributed by atoms with Crippen molar-refractivity contribution in [3.63, 3.8) is 0 Å². The molecule has 0 fully saturated rings. The van der Waals surface area contributed by atoms with Crippen molar-refractivity contribution in [3.05, 3.63) is 60.5 Å². The Kier molecular flexibility index (Phi) is 1.98. The summed E-state index contributed by atoms with van der Waals surface area (Å²) in [6.45, 7) is 3.17. The molecule has 1 heterocycles. The lowest BCUT2D eigenvalue weighted by Crippen LogP contribution is -2.16. The Labute approximate surface area is 89.9 Å². The third-order valence-electron chi connectivity index (χ3n) is 2.72. The monoisotopic (exact) mass is 196 g/mol. The molecule has 0 aromatic heterocycles. The molecule has 0 amide bonds. The summed E-state index contributed by atoms with van der Waals surface area (Å²) in [4.78, 5) is 2.07. The van der Waals surface area contributed by atoms with Gasteiger partial charge in [-0.3, -0.25) is 0 Å². The van der Waals surface area contributed by atoms with E-state index in [1.54, 1.807) is 0 Å². The highest BCUT2D eigenvalue weighted by molar-refractivity contribution is 5.60. The Hall–Kier alpha value is -1.70. The summed E-state index contributed by atoms with van der Waals surface area (Å²) in [6.07, 6.45) is 6.58. The van der Waals surface area contributed by atoms with Gasteiger partial charge < -0.3 is 10.2 Å². The smallest absolute Gasteiger partial charge is 0.210 e. The van der Waals surface area contributed by atoms with Crippen LogP contribution in [0.4, 0.5) is 5.69 Å². The highest BCUT2D eigenvalue weighted by Crippen LogP contribution is 2.30. The van der Waals surface area contributed by atoms with Crippen molar-refractivity contribution < 1.29 is 0 Å². The van der Waals surface area contributed by atoms with Crippen molar-refractivity contribution in [1.29, 1.82) is 0 Å². The molecule has 0 saturated carbocycles. The fourth-order valence-corrected chi connectivity index (χ4v) is 1.95. The molecule has 2 nitrogen and oxygen atoms in total. The van der Waals surface area contributed by atoms with Gasteiger partial charge in [0, 0.05) is 11.4 Å². The molecule has 1 aliphatic heterocycles. The van der Waals surface area contributed by atoms with Crippen molar-refractivity contribution in [3.8, 4) is 0 Å². The molecule has 0 bridgehead atoms. The number of hydrogen-bond donors (Lipinski definition) is 1. The summed E-state index contributed by atoms with van der Waals surface area (Å²) in [6, 6.07) is 10.3. The molecular weight excluding hydrogens is 184 g/mol. The van der Waals surface area contributed by atoms with Crippen LogP contribution >= 0.6 is 0 Å². The molecule has 1 aromatic carbocycles. The second-order valence-electron chi connectivity index (χ2n) is 3.71. The number of anilines is 1. The number of rotatable bonds is 1. The van der Waals surface area contributed by atoms with E-state index in [1.165, 1.54) is 11.4 Å². The fraction of sp³-hybridized carbons (Fsp3) is 0.154. The normalized spacial score (nSPS) is 19.1. The number of nitrogens with zero attached hydrogens (tertiary/aromatic N) is 1. The predicted molar refractivity (Wildman–Crippen MR) is 60.7 cm³/mol. The largest absolute Gasteiger partial charge is 0.357 e. The standard InChI is InChI=1S/C13H12N2/c1-2-6-11(7-3-1)15-10-14-12-8-4-5-9-13(12)15/h1-3,5-7,9,14H,4,8H2. The molecule has 1 aromatic rings. The van der Waals surface area contributed by atoms with Crippen molar-refractivity contribution in [1.82, 2.24) is 5.32 Å². The summed E-state index contributed by atoms with van der Waals surface area (Å²) in [7, 11) is 0. The van der Waals surface area contributed by atoms with Crippen LogP contribution in [-0.4, -0.2) is 0 Å². The van der Waals surface area contributed by atoms with Gasteiger partial charge in [0.15, 0.2) is 0 Å². The number of hydrogen-bond acceptors (Lipinski definition) is 2. The lowest BCUT2D eigenvalue weighted by atomic mass is 10.1. The zero-order valence-electron chi connectivity index (χ0n) is 8.40. The molecule has 0 unspecified atom stereocenters. The number of nitrogens with one attached hydrogen (secondary N) is 1. The Bertz CT molecular complexity index is 417. The van der Waals surface area contributed by atoms with Gasteiger partial charge in [-0.15, -0.1) is 0 Å². The van der Waals surface area contributed by atoms with Gasteiger partial charge in [0.2, 0.25) is 6.67 Å². The SMILES string of the molecule is [C]1NC2=C(C=CCC2)N1c1ccccc1. The molecule has 0 atom stereocenters. The predicted octanol–water partition coefficient (Wildman–Crippen LogP) is 2.65. The van der Waals surface area contributed by atoms with Gasteiger partial charge in [0.05, 0.1) is 5.70 Å². The summed E-state index contributed by atoms with van der Waals surface area (Å²) in [5.41, 5.74) is 3.66. The van der Waals surface area contributed by atoms with E-state index in [0.29, 0.717) is 0 Å². The van der Waals surface area contributed by atoms with Gasteiger partial charge in [-0.1, -0.05) is 24.3 Å². The summed E-state index contributed by atoms with van der Waals surface area (Å²) < 4.78 is 0. The van der Waals surface area contributed by atoms with Crippen LogP contribution in [0.1, 0.15) is 12.8 Å². The maximum absolute atomic E-state index is 3.21. The first-order valence-electron chi connectivity index (χ1n) is 5.22. The van der Waals surface area contributed by atoms with Crippen LogP contribution in [0.25, 0.3) is 0 Å². The molecule has 1 aliphatic carbocycles. The summed E-state index contributed by atoms with van der Waals surface area (Å²) in [5, 5.41) is 3.21. The fourth-order valence-electron chi connectivity index (χ4n) is 1.95. The van der Waals surface area contributed by atoms with Gasteiger partial charge >= 0.3 is 0 Å². The first kappa shape index (κ1) is 8.60. The van der Waals surface area contributed by atoms with E-state index in [2.05, 4.69) is 41.2 Å². The molecule has 2 aliphatic rings. The van der Waals surface area contributed by atoms with Crippen molar-refractivity contribution in [2.24, 2.45) is 0 Å². The number of para-hydroxylation sites is 1. The van der Waals surface area contributed by atoms with Crippen molar-refractivity contribution in [2.75, 3.05) is 4.90 Å².